The van der Waals surface area contributed by atoms with Gasteiger partial charge in [0.25, 0.3) is 5.91 Å². The second-order valence-corrected chi connectivity index (χ2v) is 9.28. The average molecular weight is 469 g/mol. The third-order valence-electron chi connectivity index (χ3n) is 5.44. The Morgan fingerprint density at radius 1 is 1.25 bits per heavy atom. The molecular weight excluding hydrogens is 444 g/mol. The molecule has 166 valence electrons. The van der Waals surface area contributed by atoms with Gasteiger partial charge in [-0.3, -0.25) is 14.9 Å². The first-order valence-corrected chi connectivity index (χ1v) is 12.3. The highest BCUT2D eigenvalue weighted by Crippen LogP contribution is 2.35. The minimum atomic E-state index is -0.308. The predicted molar refractivity (Wildman–Crippen MR) is 128 cm³/mol. The number of hydrogen-bond donors (Lipinski definition) is 1. The van der Waals surface area contributed by atoms with Gasteiger partial charge in [0.05, 0.1) is 12.7 Å². The Hall–Kier alpha value is -2.91. The van der Waals surface area contributed by atoms with Crippen LogP contribution in [-0.2, 0) is 11.2 Å². The van der Waals surface area contributed by atoms with Crippen LogP contribution < -0.4 is 15.0 Å². The van der Waals surface area contributed by atoms with Crippen molar-refractivity contribution in [2.45, 2.75) is 30.6 Å². The van der Waals surface area contributed by atoms with Crippen molar-refractivity contribution in [3.8, 4) is 5.75 Å². The molecule has 1 aromatic heterocycles. The Labute approximate surface area is 195 Å². The Balaban J connectivity index is 1.45. The molecular formula is C23H24N4O3S2. The van der Waals surface area contributed by atoms with Gasteiger partial charge in [-0.1, -0.05) is 30.4 Å². The number of benzene rings is 2. The standard InChI is InChI=1S/C23H24N4O3S2/c1-4-14-5-7-16(8-6-14)27-13-15(11-20(27)28)22-25-26-23(32-22)24-21(29)18-10-9-17(31-3)12-19(18)30-2/h5-10,12,15H,4,11,13H2,1-3H3,(H,24,26,29)/t15-/m1/s1. The third kappa shape index (κ3) is 4.63. The number of carbonyl (C=O) groups is 2. The van der Waals surface area contributed by atoms with Gasteiger partial charge in [0.15, 0.2) is 0 Å². The number of nitrogens with one attached hydrogen (secondary N) is 1. The van der Waals surface area contributed by atoms with Crippen LogP contribution in [-0.4, -0.2) is 41.9 Å². The van der Waals surface area contributed by atoms with Gasteiger partial charge in [0, 0.05) is 29.5 Å². The lowest BCUT2D eigenvalue weighted by Crippen LogP contribution is -2.24. The molecule has 0 radical (unpaired) electrons. The fourth-order valence-electron chi connectivity index (χ4n) is 3.63. The molecule has 1 fully saturated rings. The first kappa shape index (κ1) is 22.3. The monoisotopic (exact) mass is 468 g/mol. The molecule has 0 aliphatic carbocycles. The predicted octanol–water partition coefficient (Wildman–Crippen LogP) is 4.60. The van der Waals surface area contributed by atoms with Crippen molar-refractivity contribution in [2.75, 3.05) is 30.1 Å². The summed E-state index contributed by atoms with van der Waals surface area (Å²) in [5.74, 6) is 0.216. The molecule has 0 unspecified atom stereocenters. The average Bonchev–Trinajstić information content (AvgIpc) is 3.45. The molecule has 1 aliphatic heterocycles. The van der Waals surface area contributed by atoms with Crippen LogP contribution in [0.25, 0.3) is 0 Å². The minimum absolute atomic E-state index is 0.0492. The zero-order valence-corrected chi connectivity index (χ0v) is 19.8. The number of amides is 2. The van der Waals surface area contributed by atoms with E-state index in [1.54, 1.807) is 22.7 Å². The van der Waals surface area contributed by atoms with Crippen molar-refractivity contribution >= 4 is 45.7 Å². The SMILES string of the molecule is CCc1ccc(N2C[C@H](c3nnc(NC(=O)c4ccc(SC)cc4OC)s3)CC2=O)cc1. The van der Waals surface area contributed by atoms with Gasteiger partial charge < -0.3 is 9.64 Å². The van der Waals surface area contributed by atoms with E-state index in [1.807, 2.05) is 30.5 Å². The van der Waals surface area contributed by atoms with Crippen LogP contribution in [0.3, 0.4) is 0 Å². The largest absolute Gasteiger partial charge is 0.496 e. The maximum atomic E-state index is 12.7. The van der Waals surface area contributed by atoms with Crippen molar-refractivity contribution < 1.29 is 14.3 Å². The first-order valence-electron chi connectivity index (χ1n) is 10.3. The zero-order valence-electron chi connectivity index (χ0n) is 18.1. The van der Waals surface area contributed by atoms with Crippen molar-refractivity contribution in [2.24, 2.45) is 0 Å². The molecule has 32 heavy (non-hydrogen) atoms. The number of carbonyl (C=O) groups excluding carboxylic acids is 2. The molecule has 0 spiro atoms. The number of methoxy groups -OCH3 is 1. The molecule has 1 N–H and O–H groups in total. The van der Waals surface area contributed by atoms with Crippen LogP contribution in [0.4, 0.5) is 10.8 Å². The van der Waals surface area contributed by atoms with Gasteiger partial charge in [-0.15, -0.1) is 22.0 Å². The molecule has 1 atom stereocenters. The van der Waals surface area contributed by atoms with Gasteiger partial charge in [-0.25, -0.2) is 0 Å². The van der Waals surface area contributed by atoms with Gasteiger partial charge in [-0.05, 0) is 48.6 Å². The van der Waals surface area contributed by atoms with E-state index in [0.29, 0.717) is 29.4 Å². The summed E-state index contributed by atoms with van der Waals surface area (Å²) in [5, 5.41) is 12.3. The molecule has 0 saturated carbocycles. The third-order valence-corrected chi connectivity index (χ3v) is 7.17. The Bertz CT molecular complexity index is 1130. The second-order valence-electron chi connectivity index (χ2n) is 7.39. The maximum Gasteiger partial charge on any atom is 0.261 e. The van der Waals surface area contributed by atoms with E-state index in [0.717, 1.165) is 22.0 Å². The van der Waals surface area contributed by atoms with E-state index in [-0.39, 0.29) is 17.7 Å². The smallest absolute Gasteiger partial charge is 0.261 e. The number of hydrogen-bond acceptors (Lipinski definition) is 7. The Morgan fingerprint density at radius 3 is 2.72 bits per heavy atom. The van der Waals surface area contributed by atoms with E-state index in [1.165, 1.54) is 24.0 Å². The summed E-state index contributed by atoms with van der Waals surface area (Å²) in [6, 6.07) is 13.5. The van der Waals surface area contributed by atoms with Crippen molar-refractivity contribution in [3.05, 3.63) is 58.6 Å². The van der Waals surface area contributed by atoms with Crippen molar-refractivity contribution in [1.29, 1.82) is 0 Å². The lowest BCUT2D eigenvalue weighted by Gasteiger charge is -2.16. The Morgan fingerprint density at radius 2 is 2.03 bits per heavy atom. The quantitative estimate of drug-likeness (QED) is 0.510. The summed E-state index contributed by atoms with van der Waals surface area (Å²) in [6.45, 7) is 2.66. The highest BCUT2D eigenvalue weighted by molar-refractivity contribution is 7.98. The fraction of sp³-hybridized carbons (Fsp3) is 0.304. The number of nitrogens with zero attached hydrogens (tertiary/aromatic N) is 3. The Kier molecular flexibility index (Phi) is 6.76. The normalized spacial score (nSPS) is 15.8. The molecule has 1 saturated heterocycles. The molecule has 1 aliphatic rings. The highest BCUT2D eigenvalue weighted by Gasteiger charge is 2.34. The molecule has 0 bridgehead atoms. The lowest BCUT2D eigenvalue weighted by atomic mass is 10.1. The van der Waals surface area contributed by atoms with E-state index in [2.05, 4.69) is 34.6 Å². The van der Waals surface area contributed by atoms with E-state index in [4.69, 9.17) is 4.74 Å². The van der Waals surface area contributed by atoms with Crippen LogP contribution in [0, 0.1) is 0 Å². The van der Waals surface area contributed by atoms with Gasteiger partial charge in [0.1, 0.15) is 10.8 Å². The lowest BCUT2D eigenvalue weighted by molar-refractivity contribution is -0.117. The number of ether oxygens (including phenoxy) is 1. The minimum Gasteiger partial charge on any atom is -0.496 e. The van der Waals surface area contributed by atoms with Gasteiger partial charge in [0.2, 0.25) is 11.0 Å². The van der Waals surface area contributed by atoms with Gasteiger partial charge in [-0.2, -0.15) is 0 Å². The topological polar surface area (TPSA) is 84.4 Å². The number of rotatable bonds is 7. The second kappa shape index (κ2) is 9.70. The molecule has 2 aromatic carbocycles. The van der Waals surface area contributed by atoms with E-state index in [9.17, 15) is 9.59 Å². The molecule has 3 aromatic rings. The number of thioether (sulfide) groups is 1. The molecule has 9 heteroatoms. The summed E-state index contributed by atoms with van der Waals surface area (Å²) in [7, 11) is 1.54. The summed E-state index contributed by atoms with van der Waals surface area (Å²) in [6.07, 6.45) is 3.30. The van der Waals surface area contributed by atoms with Crippen molar-refractivity contribution in [1.82, 2.24) is 10.2 Å². The van der Waals surface area contributed by atoms with Gasteiger partial charge >= 0.3 is 0 Å². The van der Waals surface area contributed by atoms with Crippen LogP contribution >= 0.6 is 23.1 Å². The number of anilines is 2. The summed E-state index contributed by atoms with van der Waals surface area (Å²) in [5.41, 5.74) is 2.56. The van der Waals surface area contributed by atoms with Crippen LogP contribution in [0.2, 0.25) is 0 Å². The number of aromatic nitrogens is 2. The molecule has 4 rings (SSSR count). The molecule has 7 nitrogen and oxygen atoms in total. The molecule has 2 amide bonds. The van der Waals surface area contributed by atoms with E-state index < -0.39 is 0 Å². The summed E-state index contributed by atoms with van der Waals surface area (Å²) in [4.78, 5) is 28.2. The zero-order chi connectivity index (χ0) is 22.7. The summed E-state index contributed by atoms with van der Waals surface area (Å²) >= 11 is 2.88. The van der Waals surface area contributed by atoms with Crippen molar-refractivity contribution in [3.63, 3.8) is 0 Å². The van der Waals surface area contributed by atoms with E-state index >= 15 is 0 Å². The summed E-state index contributed by atoms with van der Waals surface area (Å²) < 4.78 is 5.36. The molecule has 2 heterocycles. The fourth-order valence-corrected chi connectivity index (χ4v) is 4.89. The first-order chi connectivity index (χ1) is 15.5. The van der Waals surface area contributed by atoms with Crippen LogP contribution in [0.1, 0.15) is 40.2 Å². The maximum absolute atomic E-state index is 12.7. The highest BCUT2D eigenvalue weighted by atomic mass is 32.2. The van der Waals surface area contributed by atoms with Crippen LogP contribution in [0.15, 0.2) is 47.4 Å². The number of aryl methyl sites for hydroxylation is 1. The van der Waals surface area contributed by atoms with Crippen LogP contribution in [0.5, 0.6) is 5.75 Å².